The van der Waals surface area contributed by atoms with Gasteiger partial charge in [0.25, 0.3) is 0 Å². The van der Waals surface area contributed by atoms with Gasteiger partial charge >= 0.3 is 0 Å². The van der Waals surface area contributed by atoms with Crippen molar-refractivity contribution in [3.05, 3.63) is 18.2 Å². The van der Waals surface area contributed by atoms with Crippen molar-refractivity contribution in [1.82, 2.24) is 0 Å². The van der Waals surface area contributed by atoms with Gasteiger partial charge in [-0.05, 0) is 18.6 Å². The van der Waals surface area contributed by atoms with Gasteiger partial charge in [0.05, 0.1) is 26.0 Å². The fourth-order valence-corrected chi connectivity index (χ4v) is 2.82. The van der Waals surface area contributed by atoms with Crippen LogP contribution in [0.1, 0.15) is 12.8 Å². The minimum Gasteiger partial charge on any atom is -0.495 e. The quantitative estimate of drug-likeness (QED) is 0.842. The Kier molecular flexibility index (Phi) is 3.78. The molecule has 0 N–H and O–H groups in total. The van der Waals surface area contributed by atoms with E-state index < -0.39 is 0 Å². The van der Waals surface area contributed by atoms with Crippen molar-refractivity contribution in [2.75, 3.05) is 49.8 Å². The molecule has 20 heavy (non-hydrogen) atoms. The highest BCUT2D eigenvalue weighted by molar-refractivity contribution is 5.95. The summed E-state index contributed by atoms with van der Waals surface area (Å²) in [5.74, 6) is 1.02. The van der Waals surface area contributed by atoms with Crippen LogP contribution in [0.15, 0.2) is 18.2 Å². The second-order valence-electron chi connectivity index (χ2n) is 5.10. The van der Waals surface area contributed by atoms with Gasteiger partial charge < -0.3 is 19.3 Å². The molecule has 2 aliphatic rings. The molecule has 1 amide bonds. The van der Waals surface area contributed by atoms with E-state index in [2.05, 4.69) is 4.90 Å². The van der Waals surface area contributed by atoms with Crippen LogP contribution in [-0.2, 0) is 9.53 Å². The van der Waals surface area contributed by atoms with Gasteiger partial charge in [0.1, 0.15) is 5.75 Å². The molecule has 2 aliphatic heterocycles. The number of methoxy groups -OCH3 is 1. The standard InChI is InChI=1S/C15H20N2O3/c1-19-14-11-12(17-6-2-3-15(17)18)4-5-13(14)16-7-9-20-10-8-16/h4-5,11H,2-3,6-10H2,1H3. The maximum Gasteiger partial charge on any atom is 0.227 e. The zero-order valence-corrected chi connectivity index (χ0v) is 11.8. The minimum atomic E-state index is 0.200. The largest absolute Gasteiger partial charge is 0.495 e. The lowest BCUT2D eigenvalue weighted by Crippen LogP contribution is -2.36. The summed E-state index contributed by atoms with van der Waals surface area (Å²) >= 11 is 0. The Morgan fingerprint density at radius 3 is 2.65 bits per heavy atom. The summed E-state index contributed by atoms with van der Waals surface area (Å²) < 4.78 is 10.9. The lowest BCUT2D eigenvalue weighted by molar-refractivity contribution is -0.117. The smallest absolute Gasteiger partial charge is 0.227 e. The SMILES string of the molecule is COc1cc(N2CCCC2=O)ccc1N1CCOCC1. The van der Waals surface area contributed by atoms with Gasteiger partial charge in [-0.25, -0.2) is 0 Å². The van der Waals surface area contributed by atoms with Crippen LogP contribution in [0.5, 0.6) is 5.75 Å². The van der Waals surface area contributed by atoms with Crippen molar-refractivity contribution in [2.45, 2.75) is 12.8 Å². The molecule has 1 aromatic carbocycles. The number of morpholine rings is 1. The Bertz CT molecular complexity index is 498. The van der Waals surface area contributed by atoms with Crippen LogP contribution in [0, 0.1) is 0 Å². The number of carbonyl (C=O) groups excluding carboxylic acids is 1. The van der Waals surface area contributed by atoms with Crippen LogP contribution >= 0.6 is 0 Å². The predicted molar refractivity (Wildman–Crippen MR) is 77.6 cm³/mol. The summed E-state index contributed by atoms with van der Waals surface area (Å²) in [6, 6.07) is 6.02. The third-order valence-corrected chi connectivity index (χ3v) is 3.90. The van der Waals surface area contributed by atoms with E-state index in [1.54, 1.807) is 7.11 Å². The fourth-order valence-electron chi connectivity index (χ4n) is 2.82. The summed E-state index contributed by atoms with van der Waals surface area (Å²) in [4.78, 5) is 15.9. The van der Waals surface area contributed by atoms with Crippen LogP contribution in [0.3, 0.4) is 0 Å². The molecule has 5 heteroatoms. The lowest BCUT2D eigenvalue weighted by Gasteiger charge is -2.30. The number of nitrogens with zero attached hydrogens (tertiary/aromatic N) is 2. The van der Waals surface area contributed by atoms with Gasteiger partial charge in [-0.15, -0.1) is 0 Å². The number of ether oxygens (including phenoxy) is 2. The monoisotopic (exact) mass is 276 g/mol. The molecule has 2 fully saturated rings. The summed E-state index contributed by atoms with van der Waals surface area (Å²) in [5, 5.41) is 0. The molecule has 108 valence electrons. The van der Waals surface area contributed by atoms with Crippen LogP contribution < -0.4 is 14.5 Å². The number of hydrogen-bond donors (Lipinski definition) is 0. The van der Waals surface area contributed by atoms with Crippen LogP contribution in [0.4, 0.5) is 11.4 Å². The zero-order valence-electron chi connectivity index (χ0n) is 11.8. The van der Waals surface area contributed by atoms with Gasteiger partial charge in [0.15, 0.2) is 0 Å². The molecule has 2 heterocycles. The zero-order chi connectivity index (χ0) is 13.9. The van der Waals surface area contributed by atoms with E-state index in [1.165, 1.54) is 0 Å². The lowest BCUT2D eigenvalue weighted by atomic mass is 10.2. The number of hydrogen-bond acceptors (Lipinski definition) is 4. The molecule has 0 aromatic heterocycles. The van der Waals surface area contributed by atoms with E-state index in [9.17, 15) is 4.79 Å². The fraction of sp³-hybridized carbons (Fsp3) is 0.533. The number of anilines is 2. The maximum absolute atomic E-state index is 11.8. The van der Waals surface area contributed by atoms with Crippen molar-refractivity contribution >= 4 is 17.3 Å². The van der Waals surface area contributed by atoms with Gasteiger partial charge in [-0.2, -0.15) is 0 Å². The van der Waals surface area contributed by atoms with Crippen LogP contribution in [0.2, 0.25) is 0 Å². The molecule has 0 aliphatic carbocycles. The third kappa shape index (κ3) is 2.45. The number of amides is 1. The third-order valence-electron chi connectivity index (χ3n) is 3.90. The first-order chi connectivity index (χ1) is 9.79. The molecule has 0 atom stereocenters. The van der Waals surface area contributed by atoms with Crippen molar-refractivity contribution in [2.24, 2.45) is 0 Å². The topological polar surface area (TPSA) is 42.0 Å². The van der Waals surface area contributed by atoms with Crippen molar-refractivity contribution < 1.29 is 14.3 Å². The van der Waals surface area contributed by atoms with E-state index in [0.717, 1.165) is 56.4 Å². The Morgan fingerprint density at radius 1 is 1.20 bits per heavy atom. The second-order valence-corrected chi connectivity index (χ2v) is 5.10. The second kappa shape index (κ2) is 5.71. The predicted octanol–water partition coefficient (Wildman–Crippen LogP) is 1.66. The molecule has 0 unspecified atom stereocenters. The Hall–Kier alpha value is -1.75. The Labute approximate surface area is 119 Å². The van der Waals surface area contributed by atoms with Gasteiger partial charge in [-0.3, -0.25) is 4.79 Å². The average Bonchev–Trinajstić information content (AvgIpc) is 2.93. The maximum atomic E-state index is 11.8. The first-order valence-corrected chi connectivity index (χ1v) is 7.10. The van der Waals surface area contributed by atoms with Gasteiger partial charge in [0.2, 0.25) is 5.91 Å². The highest BCUT2D eigenvalue weighted by atomic mass is 16.5. The molecule has 0 bridgehead atoms. The van der Waals surface area contributed by atoms with Gasteiger partial charge in [0, 0.05) is 37.8 Å². The van der Waals surface area contributed by atoms with Crippen molar-refractivity contribution in [1.29, 1.82) is 0 Å². The molecule has 5 nitrogen and oxygen atoms in total. The van der Waals surface area contributed by atoms with E-state index in [1.807, 2.05) is 23.1 Å². The highest BCUT2D eigenvalue weighted by Gasteiger charge is 2.23. The number of rotatable bonds is 3. The minimum absolute atomic E-state index is 0.200. The summed E-state index contributed by atoms with van der Waals surface area (Å²) in [6.45, 7) is 4.04. The van der Waals surface area contributed by atoms with E-state index in [0.29, 0.717) is 6.42 Å². The number of carbonyl (C=O) groups is 1. The molecule has 0 radical (unpaired) electrons. The van der Waals surface area contributed by atoms with Gasteiger partial charge in [-0.1, -0.05) is 0 Å². The molecule has 0 saturated carbocycles. The summed E-state index contributed by atoms with van der Waals surface area (Å²) in [6.07, 6.45) is 1.58. The summed E-state index contributed by atoms with van der Waals surface area (Å²) in [7, 11) is 1.68. The molecule has 1 aromatic rings. The Morgan fingerprint density at radius 2 is 2.00 bits per heavy atom. The average molecular weight is 276 g/mol. The van der Waals surface area contributed by atoms with Crippen LogP contribution in [0.25, 0.3) is 0 Å². The normalized spacial score (nSPS) is 19.6. The molecular formula is C15H20N2O3. The Balaban J connectivity index is 1.87. The van der Waals surface area contributed by atoms with E-state index >= 15 is 0 Å². The van der Waals surface area contributed by atoms with E-state index in [-0.39, 0.29) is 5.91 Å². The molecule has 0 spiro atoms. The number of benzene rings is 1. The molecule has 3 rings (SSSR count). The van der Waals surface area contributed by atoms with Crippen molar-refractivity contribution in [3.8, 4) is 5.75 Å². The summed E-state index contributed by atoms with van der Waals surface area (Å²) in [5.41, 5.74) is 2.01. The van der Waals surface area contributed by atoms with E-state index in [4.69, 9.17) is 9.47 Å². The molecule has 2 saturated heterocycles. The van der Waals surface area contributed by atoms with Crippen LogP contribution in [-0.4, -0.2) is 45.9 Å². The first-order valence-electron chi connectivity index (χ1n) is 7.10. The highest BCUT2D eigenvalue weighted by Crippen LogP contribution is 2.34. The van der Waals surface area contributed by atoms with Crippen molar-refractivity contribution in [3.63, 3.8) is 0 Å². The first kappa shape index (κ1) is 13.2. The molecular weight excluding hydrogens is 256 g/mol.